The topological polar surface area (TPSA) is 12.0 Å². The lowest BCUT2D eigenvalue weighted by molar-refractivity contribution is 0.540. The lowest BCUT2D eigenvalue weighted by atomic mass is 9.95. The molecule has 0 bridgehead atoms. The van der Waals surface area contributed by atoms with Gasteiger partial charge in [-0.1, -0.05) is 48.7 Å². The van der Waals surface area contributed by atoms with Crippen molar-refractivity contribution in [2.24, 2.45) is 0 Å². The maximum absolute atomic E-state index is 14.1. The summed E-state index contributed by atoms with van der Waals surface area (Å²) >= 11 is 5.88. The number of halogens is 2. The summed E-state index contributed by atoms with van der Waals surface area (Å²) in [6, 6.07) is 5.49. The van der Waals surface area contributed by atoms with Crippen LogP contribution in [0, 0.1) is 5.82 Å². The molecule has 0 heterocycles. The molecular weight excluding hydrogens is 273 g/mol. The second kappa shape index (κ2) is 7.80. The first-order valence-corrected chi connectivity index (χ1v) is 7.95. The summed E-state index contributed by atoms with van der Waals surface area (Å²) in [7, 11) is 0. The van der Waals surface area contributed by atoms with Gasteiger partial charge in [0.05, 0.1) is 5.02 Å². The highest BCUT2D eigenvalue weighted by Gasteiger charge is 2.17. The van der Waals surface area contributed by atoms with Gasteiger partial charge in [-0.05, 0) is 50.3 Å². The third-order valence-electron chi connectivity index (χ3n) is 3.93. The molecule has 3 heteroatoms. The molecular formula is C17H23ClFN. The smallest absolute Gasteiger partial charge is 0.145 e. The fourth-order valence-electron chi connectivity index (χ4n) is 2.86. The maximum atomic E-state index is 14.1. The monoisotopic (exact) mass is 295 g/mol. The number of likely N-dealkylation sites (N-methyl/N-ethyl adjacent to an activating group) is 1. The lowest BCUT2D eigenvalue weighted by Crippen LogP contribution is -2.33. The normalized spacial score (nSPS) is 17.4. The molecule has 0 aromatic heterocycles. The van der Waals surface area contributed by atoms with Crippen LogP contribution in [0.25, 0.3) is 0 Å². The maximum Gasteiger partial charge on any atom is 0.145 e. The molecule has 0 radical (unpaired) electrons. The zero-order valence-corrected chi connectivity index (χ0v) is 12.8. The van der Waals surface area contributed by atoms with Crippen molar-refractivity contribution in [2.45, 2.75) is 51.5 Å². The summed E-state index contributed by atoms with van der Waals surface area (Å²) in [4.78, 5) is 0. The third-order valence-corrected chi connectivity index (χ3v) is 4.22. The molecule has 0 aliphatic heterocycles. The van der Waals surface area contributed by atoms with Crippen LogP contribution < -0.4 is 5.32 Å². The first-order chi connectivity index (χ1) is 9.72. The molecule has 110 valence electrons. The molecule has 1 aromatic rings. The lowest BCUT2D eigenvalue weighted by Gasteiger charge is -2.21. The fraction of sp³-hybridized carbons (Fsp3) is 0.529. The molecule has 20 heavy (non-hydrogen) atoms. The van der Waals surface area contributed by atoms with Crippen LogP contribution >= 0.6 is 11.6 Å². The van der Waals surface area contributed by atoms with Crippen LogP contribution in [-0.2, 0) is 6.42 Å². The molecule has 2 rings (SSSR count). The van der Waals surface area contributed by atoms with Gasteiger partial charge in [0, 0.05) is 6.04 Å². The van der Waals surface area contributed by atoms with Crippen molar-refractivity contribution in [3.8, 4) is 0 Å². The van der Waals surface area contributed by atoms with Gasteiger partial charge in [0.25, 0.3) is 0 Å². The molecule has 0 spiro atoms. The second-order valence-electron chi connectivity index (χ2n) is 5.41. The third kappa shape index (κ3) is 4.07. The van der Waals surface area contributed by atoms with Gasteiger partial charge in [-0.3, -0.25) is 0 Å². The molecule has 1 aromatic carbocycles. The van der Waals surface area contributed by atoms with Crippen LogP contribution in [0.1, 0.15) is 44.6 Å². The van der Waals surface area contributed by atoms with E-state index in [2.05, 4.69) is 18.3 Å². The molecule has 0 saturated carbocycles. The number of rotatable bonds is 5. The van der Waals surface area contributed by atoms with Gasteiger partial charge in [-0.15, -0.1) is 0 Å². The Labute approximate surface area is 126 Å². The molecule has 0 fully saturated rings. The second-order valence-corrected chi connectivity index (χ2v) is 5.81. The van der Waals surface area contributed by atoms with Crippen LogP contribution in [0.15, 0.2) is 29.8 Å². The zero-order valence-electron chi connectivity index (χ0n) is 12.1. The van der Waals surface area contributed by atoms with E-state index < -0.39 is 0 Å². The average molecular weight is 296 g/mol. The highest BCUT2D eigenvalue weighted by Crippen LogP contribution is 2.24. The predicted octanol–water partition coefficient (Wildman–Crippen LogP) is 4.89. The minimum Gasteiger partial charge on any atom is -0.310 e. The predicted molar refractivity (Wildman–Crippen MR) is 83.7 cm³/mol. The number of allylic oxidation sites excluding steroid dienone is 1. The van der Waals surface area contributed by atoms with Crippen molar-refractivity contribution in [3.63, 3.8) is 0 Å². The molecule has 0 amide bonds. The van der Waals surface area contributed by atoms with Crippen molar-refractivity contribution in [1.82, 2.24) is 5.32 Å². The molecule has 1 aliphatic rings. The van der Waals surface area contributed by atoms with Crippen LogP contribution in [0.3, 0.4) is 0 Å². The van der Waals surface area contributed by atoms with Gasteiger partial charge in [-0.2, -0.15) is 0 Å². The Hall–Kier alpha value is -0.860. The summed E-state index contributed by atoms with van der Waals surface area (Å²) in [6.07, 6.45) is 9.11. The Morgan fingerprint density at radius 1 is 1.30 bits per heavy atom. The Morgan fingerprint density at radius 3 is 2.95 bits per heavy atom. The SMILES string of the molecule is CCNC(Cc1cccc(Cl)c1F)C1=CCCCCC1. The van der Waals surface area contributed by atoms with Crippen molar-refractivity contribution in [2.75, 3.05) is 6.54 Å². The highest BCUT2D eigenvalue weighted by atomic mass is 35.5. The van der Waals surface area contributed by atoms with Crippen LogP contribution in [0.5, 0.6) is 0 Å². The number of nitrogens with one attached hydrogen (secondary N) is 1. The van der Waals surface area contributed by atoms with E-state index in [4.69, 9.17) is 11.6 Å². The van der Waals surface area contributed by atoms with Gasteiger partial charge in [0.1, 0.15) is 5.82 Å². The van der Waals surface area contributed by atoms with E-state index in [9.17, 15) is 4.39 Å². The van der Waals surface area contributed by atoms with E-state index in [-0.39, 0.29) is 16.9 Å². The van der Waals surface area contributed by atoms with E-state index in [1.807, 2.05) is 12.1 Å². The summed E-state index contributed by atoms with van der Waals surface area (Å²) in [5, 5.41) is 3.71. The fourth-order valence-corrected chi connectivity index (χ4v) is 3.06. The minimum absolute atomic E-state index is 0.215. The Balaban J connectivity index is 2.16. The van der Waals surface area contributed by atoms with Gasteiger partial charge in [0.2, 0.25) is 0 Å². The average Bonchev–Trinajstić information content (AvgIpc) is 2.72. The van der Waals surface area contributed by atoms with E-state index in [0.29, 0.717) is 12.0 Å². The van der Waals surface area contributed by atoms with E-state index in [1.54, 1.807) is 6.07 Å². The zero-order chi connectivity index (χ0) is 14.4. The molecule has 1 nitrogen and oxygen atoms in total. The number of benzene rings is 1. The van der Waals surface area contributed by atoms with Crippen LogP contribution in [0.2, 0.25) is 5.02 Å². The Bertz CT molecular complexity index is 470. The van der Waals surface area contributed by atoms with E-state index >= 15 is 0 Å². The first-order valence-electron chi connectivity index (χ1n) is 7.57. The largest absolute Gasteiger partial charge is 0.310 e. The van der Waals surface area contributed by atoms with E-state index in [0.717, 1.165) is 19.4 Å². The van der Waals surface area contributed by atoms with Crippen LogP contribution in [0.4, 0.5) is 4.39 Å². The minimum atomic E-state index is -0.272. The van der Waals surface area contributed by atoms with Crippen LogP contribution in [-0.4, -0.2) is 12.6 Å². The van der Waals surface area contributed by atoms with Gasteiger partial charge in [0.15, 0.2) is 0 Å². The van der Waals surface area contributed by atoms with E-state index in [1.165, 1.54) is 24.8 Å². The molecule has 0 saturated heterocycles. The number of hydrogen-bond donors (Lipinski definition) is 1. The highest BCUT2D eigenvalue weighted by molar-refractivity contribution is 6.30. The van der Waals surface area contributed by atoms with Gasteiger partial charge in [-0.25, -0.2) is 4.39 Å². The van der Waals surface area contributed by atoms with Gasteiger partial charge < -0.3 is 5.32 Å². The summed E-state index contributed by atoms with van der Waals surface area (Å²) in [5.41, 5.74) is 2.14. The molecule has 1 aliphatic carbocycles. The Kier molecular flexibility index (Phi) is 6.06. The standard InChI is InChI=1S/C17H23ClFN/c1-2-20-16(13-8-5-3-4-6-9-13)12-14-10-7-11-15(18)17(14)19/h7-8,10-11,16,20H,2-6,9,12H2,1H3. The molecule has 1 atom stereocenters. The number of hydrogen-bond acceptors (Lipinski definition) is 1. The molecule has 1 unspecified atom stereocenters. The van der Waals surface area contributed by atoms with Crippen molar-refractivity contribution >= 4 is 11.6 Å². The van der Waals surface area contributed by atoms with Crippen molar-refractivity contribution < 1.29 is 4.39 Å². The summed E-state index contributed by atoms with van der Waals surface area (Å²) in [5.74, 6) is -0.272. The molecule has 1 N–H and O–H groups in total. The summed E-state index contributed by atoms with van der Waals surface area (Å²) in [6.45, 7) is 2.99. The first kappa shape index (κ1) is 15.5. The summed E-state index contributed by atoms with van der Waals surface area (Å²) < 4.78 is 14.1. The van der Waals surface area contributed by atoms with Gasteiger partial charge >= 0.3 is 0 Å². The van der Waals surface area contributed by atoms with Crippen molar-refractivity contribution in [1.29, 1.82) is 0 Å². The quantitative estimate of drug-likeness (QED) is 0.763. The Morgan fingerprint density at radius 2 is 2.15 bits per heavy atom. The van der Waals surface area contributed by atoms with Crippen molar-refractivity contribution in [3.05, 3.63) is 46.3 Å².